The fraction of sp³-hybridized carbons (Fsp3) is 0.455. The number of nitrogen functional groups attached to an aromatic ring is 1. The Balaban J connectivity index is 2.31. The van der Waals surface area contributed by atoms with Crippen LogP contribution in [-0.2, 0) is 0 Å². The van der Waals surface area contributed by atoms with Crippen LogP contribution < -0.4 is 11.5 Å². The molecule has 1 aromatic rings. The van der Waals surface area contributed by atoms with E-state index in [0.29, 0.717) is 5.92 Å². The third-order valence-corrected chi connectivity index (χ3v) is 2.73. The summed E-state index contributed by atoms with van der Waals surface area (Å²) in [4.78, 5) is 0. The van der Waals surface area contributed by atoms with E-state index in [1.807, 2.05) is 12.1 Å². The van der Waals surface area contributed by atoms with Gasteiger partial charge in [-0.2, -0.15) is 0 Å². The van der Waals surface area contributed by atoms with Gasteiger partial charge < -0.3 is 11.5 Å². The van der Waals surface area contributed by atoms with Gasteiger partial charge >= 0.3 is 0 Å². The molecular formula is C11H16N2. The first-order valence-corrected chi connectivity index (χ1v) is 4.80. The molecule has 0 spiro atoms. The molecule has 1 aromatic carbocycles. The molecule has 0 heterocycles. The van der Waals surface area contributed by atoms with Gasteiger partial charge in [0.2, 0.25) is 0 Å². The van der Waals surface area contributed by atoms with Crippen molar-refractivity contribution in [1.29, 1.82) is 0 Å². The van der Waals surface area contributed by atoms with Gasteiger partial charge in [-0.1, -0.05) is 17.7 Å². The lowest BCUT2D eigenvalue weighted by atomic mass is 9.99. The van der Waals surface area contributed by atoms with E-state index in [0.717, 1.165) is 11.3 Å². The van der Waals surface area contributed by atoms with Gasteiger partial charge in [-0.05, 0) is 37.3 Å². The zero-order chi connectivity index (χ0) is 9.42. The molecule has 0 aliphatic heterocycles. The Morgan fingerprint density at radius 2 is 2.08 bits per heavy atom. The van der Waals surface area contributed by atoms with Gasteiger partial charge in [0.1, 0.15) is 0 Å². The number of hydrogen-bond acceptors (Lipinski definition) is 2. The van der Waals surface area contributed by atoms with Crippen LogP contribution in [0.15, 0.2) is 18.2 Å². The number of anilines is 1. The molecular weight excluding hydrogens is 160 g/mol. The summed E-state index contributed by atoms with van der Waals surface area (Å²) in [6.45, 7) is 2.07. The molecule has 4 N–H and O–H groups in total. The second-order valence-corrected chi connectivity index (χ2v) is 4.00. The van der Waals surface area contributed by atoms with Crippen LogP contribution in [0.5, 0.6) is 0 Å². The van der Waals surface area contributed by atoms with E-state index in [9.17, 15) is 0 Å². The number of benzene rings is 1. The van der Waals surface area contributed by atoms with E-state index >= 15 is 0 Å². The highest BCUT2D eigenvalue weighted by Crippen LogP contribution is 2.41. The van der Waals surface area contributed by atoms with Gasteiger partial charge in [-0.15, -0.1) is 0 Å². The summed E-state index contributed by atoms with van der Waals surface area (Å²) < 4.78 is 0. The summed E-state index contributed by atoms with van der Waals surface area (Å²) in [5.74, 6) is 0.670. The number of nitrogens with two attached hydrogens (primary N) is 2. The molecule has 13 heavy (non-hydrogen) atoms. The summed E-state index contributed by atoms with van der Waals surface area (Å²) >= 11 is 0. The van der Waals surface area contributed by atoms with Crippen molar-refractivity contribution in [3.8, 4) is 0 Å². The summed E-state index contributed by atoms with van der Waals surface area (Å²) in [5, 5.41) is 0. The van der Waals surface area contributed by atoms with Gasteiger partial charge in [0.05, 0.1) is 0 Å². The SMILES string of the molecule is Cc1ccc(N)c([C@H](N)C2CC2)c1. The van der Waals surface area contributed by atoms with Crippen LogP contribution in [0.2, 0.25) is 0 Å². The van der Waals surface area contributed by atoms with Crippen molar-refractivity contribution in [2.75, 3.05) is 5.73 Å². The maximum Gasteiger partial charge on any atom is 0.0362 e. The van der Waals surface area contributed by atoms with Gasteiger partial charge in [-0.3, -0.25) is 0 Å². The van der Waals surface area contributed by atoms with Crippen molar-refractivity contribution in [2.24, 2.45) is 11.7 Å². The first-order chi connectivity index (χ1) is 6.18. The molecule has 1 saturated carbocycles. The van der Waals surface area contributed by atoms with Gasteiger partial charge in [-0.25, -0.2) is 0 Å². The highest BCUT2D eigenvalue weighted by atomic mass is 14.7. The van der Waals surface area contributed by atoms with Crippen molar-refractivity contribution < 1.29 is 0 Å². The molecule has 1 aliphatic rings. The fourth-order valence-corrected chi connectivity index (χ4v) is 1.69. The van der Waals surface area contributed by atoms with Crippen molar-refractivity contribution >= 4 is 5.69 Å². The normalized spacial score (nSPS) is 18.6. The van der Waals surface area contributed by atoms with Crippen molar-refractivity contribution in [3.05, 3.63) is 29.3 Å². The number of aryl methyl sites for hydroxylation is 1. The predicted octanol–water partition coefficient (Wildman–Crippen LogP) is 1.99. The molecule has 70 valence electrons. The van der Waals surface area contributed by atoms with Crippen LogP contribution in [-0.4, -0.2) is 0 Å². The first-order valence-electron chi connectivity index (χ1n) is 4.80. The topological polar surface area (TPSA) is 52.0 Å². The summed E-state index contributed by atoms with van der Waals surface area (Å²) in [6, 6.07) is 6.24. The maximum atomic E-state index is 6.09. The lowest BCUT2D eigenvalue weighted by Gasteiger charge is -2.14. The van der Waals surface area contributed by atoms with Crippen LogP contribution in [0, 0.1) is 12.8 Å². The number of rotatable bonds is 2. The Kier molecular flexibility index (Phi) is 2.00. The maximum absolute atomic E-state index is 6.09. The highest BCUT2D eigenvalue weighted by molar-refractivity contribution is 5.50. The van der Waals surface area contributed by atoms with E-state index in [2.05, 4.69) is 13.0 Å². The largest absolute Gasteiger partial charge is 0.398 e. The van der Waals surface area contributed by atoms with Crippen LogP contribution >= 0.6 is 0 Å². The minimum absolute atomic E-state index is 0.153. The van der Waals surface area contributed by atoms with Gasteiger partial charge in [0.25, 0.3) is 0 Å². The Morgan fingerprint density at radius 3 is 2.69 bits per heavy atom. The Hall–Kier alpha value is -1.02. The van der Waals surface area contributed by atoms with Crippen molar-refractivity contribution in [3.63, 3.8) is 0 Å². The molecule has 2 nitrogen and oxygen atoms in total. The zero-order valence-corrected chi connectivity index (χ0v) is 7.96. The smallest absolute Gasteiger partial charge is 0.0362 e. The molecule has 0 aromatic heterocycles. The van der Waals surface area contributed by atoms with Crippen LogP contribution in [0.3, 0.4) is 0 Å². The van der Waals surface area contributed by atoms with Crippen molar-refractivity contribution in [1.82, 2.24) is 0 Å². The second kappa shape index (κ2) is 3.04. The first kappa shape index (κ1) is 8.57. The van der Waals surface area contributed by atoms with Crippen LogP contribution in [0.1, 0.15) is 30.0 Å². The van der Waals surface area contributed by atoms with Gasteiger partial charge in [0.15, 0.2) is 0 Å². The lowest BCUT2D eigenvalue weighted by molar-refractivity contribution is 0.635. The third-order valence-electron chi connectivity index (χ3n) is 2.73. The van der Waals surface area contributed by atoms with Crippen molar-refractivity contribution in [2.45, 2.75) is 25.8 Å². The fourth-order valence-electron chi connectivity index (χ4n) is 1.69. The quantitative estimate of drug-likeness (QED) is 0.677. The third kappa shape index (κ3) is 1.68. The zero-order valence-electron chi connectivity index (χ0n) is 7.96. The molecule has 0 unspecified atom stereocenters. The minimum atomic E-state index is 0.153. The second-order valence-electron chi connectivity index (χ2n) is 4.00. The average molecular weight is 176 g/mol. The lowest BCUT2D eigenvalue weighted by Crippen LogP contribution is -2.14. The van der Waals surface area contributed by atoms with Crippen LogP contribution in [0.4, 0.5) is 5.69 Å². The predicted molar refractivity (Wildman–Crippen MR) is 55.2 cm³/mol. The monoisotopic (exact) mass is 176 g/mol. The standard InChI is InChI=1S/C11H16N2/c1-7-2-5-10(12)9(6-7)11(13)8-3-4-8/h2,5-6,8,11H,3-4,12-13H2,1H3/t11-/m1/s1. The molecule has 0 bridgehead atoms. The molecule has 2 rings (SSSR count). The summed E-state index contributed by atoms with van der Waals surface area (Å²) in [7, 11) is 0. The summed E-state index contributed by atoms with van der Waals surface area (Å²) in [6.07, 6.45) is 2.52. The molecule has 1 atom stereocenters. The van der Waals surface area contributed by atoms with Crippen LogP contribution in [0.25, 0.3) is 0 Å². The highest BCUT2D eigenvalue weighted by Gasteiger charge is 2.30. The molecule has 1 aliphatic carbocycles. The van der Waals surface area contributed by atoms with E-state index < -0.39 is 0 Å². The Labute approximate surface area is 78.9 Å². The minimum Gasteiger partial charge on any atom is -0.398 e. The Morgan fingerprint density at radius 1 is 1.38 bits per heavy atom. The number of hydrogen-bond donors (Lipinski definition) is 2. The molecule has 1 fully saturated rings. The molecule has 0 saturated heterocycles. The van der Waals surface area contributed by atoms with E-state index in [4.69, 9.17) is 11.5 Å². The molecule has 2 heteroatoms. The average Bonchev–Trinajstić information content (AvgIpc) is 2.91. The summed E-state index contributed by atoms with van der Waals surface area (Å²) in [5.41, 5.74) is 15.2. The molecule has 0 radical (unpaired) electrons. The molecule has 0 amide bonds. The van der Waals surface area contributed by atoms with E-state index in [1.54, 1.807) is 0 Å². The van der Waals surface area contributed by atoms with E-state index in [1.165, 1.54) is 18.4 Å². The Bertz CT molecular complexity index is 316. The van der Waals surface area contributed by atoms with Gasteiger partial charge in [0, 0.05) is 11.7 Å². The van der Waals surface area contributed by atoms with E-state index in [-0.39, 0.29) is 6.04 Å².